The van der Waals surface area contributed by atoms with Crippen LogP contribution in [0.5, 0.6) is 5.75 Å². The van der Waals surface area contributed by atoms with Crippen molar-refractivity contribution in [2.24, 2.45) is 7.05 Å². The summed E-state index contributed by atoms with van der Waals surface area (Å²) in [6.45, 7) is 0. The lowest BCUT2D eigenvalue weighted by molar-refractivity contribution is 0.0941. The molecule has 7 heteroatoms. The number of hydrogen-bond donors (Lipinski definition) is 1. The molecule has 1 unspecified atom stereocenters. The predicted molar refractivity (Wildman–Crippen MR) is 109 cm³/mol. The number of rotatable bonds is 6. The molecule has 0 aliphatic heterocycles. The number of nitrogens with zero attached hydrogens (tertiary/aromatic N) is 4. The van der Waals surface area contributed by atoms with Crippen molar-refractivity contribution in [2.45, 2.75) is 6.04 Å². The topological polar surface area (TPSA) is 74.0 Å². The van der Waals surface area contributed by atoms with Crippen LogP contribution in [0.25, 0.3) is 5.69 Å². The van der Waals surface area contributed by atoms with Gasteiger partial charge in [-0.1, -0.05) is 12.1 Å². The second kappa shape index (κ2) is 8.02. The molecule has 2 aromatic heterocycles. The standard InChI is InChI=1S/C22H21N5O2/c1-26-14-12-23-21(26)20(17-5-3-6-19(15-17)29-2)25-22(28)16-7-9-18(10-8-16)27-13-4-11-24-27/h3-15,20H,1-2H3,(H,25,28). The summed E-state index contributed by atoms with van der Waals surface area (Å²) in [5, 5.41) is 7.30. The molecule has 1 N–H and O–H groups in total. The van der Waals surface area contributed by atoms with Gasteiger partial charge < -0.3 is 14.6 Å². The predicted octanol–water partition coefficient (Wildman–Crippen LogP) is 3.13. The summed E-state index contributed by atoms with van der Waals surface area (Å²) in [7, 11) is 3.52. The Morgan fingerprint density at radius 2 is 1.90 bits per heavy atom. The Balaban J connectivity index is 1.62. The summed E-state index contributed by atoms with van der Waals surface area (Å²) in [4.78, 5) is 17.4. The van der Waals surface area contributed by atoms with Crippen LogP contribution in [-0.4, -0.2) is 32.3 Å². The van der Waals surface area contributed by atoms with Gasteiger partial charge in [-0.2, -0.15) is 5.10 Å². The highest BCUT2D eigenvalue weighted by Crippen LogP contribution is 2.24. The molecule has 1 atom stereocenters. The lowest BCUT2D eigenvalue weighted by atomic mass is 10.0. The fraction of sp³-hybridized carbons (Fsp3) is 0.136. The van der Waals surface area contributed by atoms with Crippen LogP contribution in [0, 0.1) is 0 Å². The Hall–Kier alpha value is -3.87. The van der Waals surface area contributed by atoms with E-state index in [1.807, 2.05) is 66.5 Å². The van der Waals surface area contributed by atoms with E-state index in [1.54, 1.807) is 36.3 Å². The fourth-order valence-corrected chi connectivity index (χ4v) is 3.17. The molecule has 0 aliphatic rings. The van der Waals surface area contributed by atoms with Crippen LogP contribution in [0.3, 0.4) is 0 Å². The van der Waals surface area contributed by atoms with Crippen molar-refractivity contribution in [2.75, 3.05) is 7.11 Å². The Morgan fingerprint density at radius 3 is 2.55 bits per heavy atom. The van der Waals surface area contributed by atoms with Crippen LogP contribution < -0.4 is 10.1 Å². The van der Waals surface area contributed by atoms with E-state index in [0.29, 0.717) is 5.56 Å². The lowest BCUT2D eigenvalue weighted by Gasteiger charge is -2.20. The van der Waals surface area contributed by atoms with Crippen LogP contribution >= 0.6 is 0 Å². The molecule has 146 valence electrons. The molecule has 0 fully saturated rings. The lowest BCUT2D eigenvalue weighted by Crippen LogP contribution is -2.31. The van der Waals surface area contributed by atoms with E-state index in [1.165, 1.54) is 0 Å². The number of hydrogen-bond acceptors (Lipinski definition) is 4. The maximum absolute atomic E-state index is 13.0. The van der Waals surface area contributed by atoms with Crippen LogP contribution in [0.4, 0.5) is 0 Å². The molecule has 0 radical (unpaired) electrons. The molecule has 4 rings (SSSR count). The summed E-state index contributed by atoms with van der Waals surface area (Å²) < 4.78 is 8.98. The minimum Gasteiger partial charge on any atom is -0.497 e. The van der Waals surface area contributed by atoms with Crippen LogP contribution in [0.1, 0.15) is 27.8 Å². The third-order valence-electron chi connectivity index (χ3n) is 4.72. The molecular weight excluding hydrogens is 366 g/mol. The summed E-state index contributed by atoms with van der Waals surface area (Å²) in [6.07, 6.45) is 7.14. The number of methoxy groups -OCH3 is 1. The van der Waals surface area contributed by atoms with E-state index < -0.39 is 6.04 Å². The highest BCUT2D eigenvalue weighted by molar-refractivity contribution is 5.94. The fourth-order valence-electron chi connectivity index (χ4n) is 3.17. The maximum atomic E-state index is 13.0. The van der Waals surface area contributed by atoms with Crippen LogP contribution in [0.15, 0.2) is 79.4 Å². The minimum absolute atomic E-state index is 0.187. The van der Waals surface area contributed by atoms with Crippen LogP contribution in [0.2, 0.25) is 0 Å². The number of nitrogens with one attached hydrogen (secondary N) is 1. The first-order valence-corrected chi connectivity index (χ1v) is 9.18. The normalized spacial score (nSPS) is 11.8. The van der Waals surface area contributed by atoms with Crippen molar-refractivity contribution in [3.63, 3.8) is 0 Å². The van der Waals surface area contributed by atoms with Gasteiger partial charge in [-0.25, -0.2) is 9.67 Å². The van der Waals surface area contributed by atoms with Crippen LogP contribution in [-0.2, 0) is 7.05 Å². The third kappa shape index (κ3) is 3.89. The Labute approximate surface area is 168 Å². The van der Waals surface area contributed by atoms with Gasteiger partial charge in [-0.3, -0.25) is 4.79 Å². The first-order valence-electron chi connectivity index (χ1n) is 9.18. The zero-order valence-corrected chi connectivity index (χ0v) is 16.2. The van der Waals surface area contributed by atoms with E-state index in [9.17, 15) is 4.79 Å². The number of benzene rings is 2. The average molecular weight is 387 g/mol. The van der Waals surface area contributed by atoms with E-state index in [2.05, 4.69) is 15.4 Å². The summed E-state index contributed by atoms with van der Waals surface area (Å²) in [6, 6.07) is 16.4. The van der Waals surface area contributed by atoms with Gasteiger partial charge in [0.1, 0.15) is 17.6 Å². The quantitative estimate of drug-likeness (QED) is 0.552. The first kappa shape index (κ1) is 18.5. The SMILES string of the molecule is COc1cccc(C(NC(=O)c2ccc(-n3cccn3)cc2)c2nccn2C)c1. The third-order valence-corrected chi connectivity index (χ3v) is 4.72. The van der Waals surface area contributed by atoms with E-state index >= 15 is 0 Å². The number of imidazole rings is 1. The van der Waals surface area contributed by atoms with Gasteiger partial charge in [0.05, 0.1) is 12.8 Å². The number of aromatic nitrogens is 4. The molecule has 0 spiro atoms. The zero-order chi connectivity index (χ0) is 20.2. The molecule has 2 aromatic carbocycles. The van der Waals surface area contributed by atoms with Crippen molar-refractivity contribution in [3.8, 4) is 11.4 Å². The van der Waals surface area contributed by atoms with Crippen molar-refractivity contribution in [1.82, 2.24) is 24.6 Å². The van der Waals surface area contributed by atoms with E-state index in [0.717, 1.165) is 22.8 Å². The molecule has 0 saturated heterocycles. The zero-order valence-electron chi connectivity index (χ0n) is 16.2. The summed E-state index contributed by atoms with van der Waals surface area (Å²) in [5.74, 6) is 1.27. The molecule has 7 nitrogen and oxygen atoms in total. The number of carbonyl (C=O) groups is 1. The van der Waals surface area contributed by atoms with E-state index in [4.69, 9.17) is 4.74 Å². The smallest absolute Gasteiger partial charge is 0.252 e. The summed E-state index contributed by atoms with van der Waals surface area (Å²) >= 11 is 0. The van der Waals surface area contributed by atoms with Gasteiger partial charge in [0.15, 0.2) is 0 Å². The molecule has 29 heavy (non-hydrogen) atoms. The Kier molecular flexibility index (Phi) is 5.11. The number of aryl methyl sites for hydroxylation is 1. The van der Waals surface area contributed by atoms with Crippen molar-refractivity contribution in [3.05, 3.63) is 96.3 Å². The molecule has 2 heterocycles. The Morgan fingerprint density at radius 1 is 1.07 bits per heavy atom. The maximum Gasteiger partial charge on any atom is 0.252 e. The molecule has 0 aliphatic carbocycles. The average Bonchev–Trinajstić information content (AvgIpc) is 3.44. The largest absolute Gasteiger partial charge is 0.497 e. The molecule has 4 aromatic rings. The molecular formula is C22H21N5O2. The van der Waals surface area contributed by atoms with Crippen molar-refractivity contribution >= 4 is 5.91 Å². The van der Waals surface area contributed by atoms with Gasteiger partial charge in [0, 0.05) is 37.4 Å². The highest BCUT2D eigenvalue weighted by Gasteiger charge is 2.22. The van der Waals surface area contributed by atoms with Crippen molar-refractivity contribution < 1.29 is 9.53 Å². The Bertz CT molecular complexity index is 1100. The van der Waals surface area contributed by atoms with E-state index in [-0.39, 0.29) is 5.91 Å². The second-order valence-electron chi connectivity index (χ2n) is 6.58. The van der Waals surface area contributed by atoms with Gasteiger partial charge >= 0.3 is 0 Å². The molecule has 0 bridgehead atoms. The highest BCUT2D eigenvalue weighted by atomic mass is 16.5. The number of carbonyl (C=O) groups excluding carboxylic acids is 1. The molecule has 1 amide bonds. The minimum atomic E-state index is -0.414. The van der Waals surface area contributed by atoms with Gasteiger partial charge in [-0.05, 0) is 48.0 Å². The monoisotopic (exact) mass is 387 g/mol. The summed E-state index contributed by atoms with van der Waals surface area (Å²) in [5.41, 5.74) is 2.34. The van der Waals surface area contributed by atoms with Gasteiger partial charge in [-0.15, -0.1) is 0 Å². The second-order valence-corrected chi connectivity index (χ2v) is 6.58. The van der Waals surface area contributed by atoms with Gasteiger partial charge in [0.25, 0.3) is 5.91 Å². The number of ether oxygens (including phenoxy) is 1. The van der Waals surface area contributed by atoms with Crippen molar-refractivity contribution in [1.29, 1.82) is 0 Å². The molecule has 0 saturated carbocycles. The van der Waals surface area contributed by atoms with Gasteiger partial charge in [0.2, 0.25) is 0 Å². The number of amides is 1. The first-order chi connectivity index (χ1) is 14.2.